The quantitative estimate of drug-likeness (QED) is 0.857. The zero-order chi connectivity index (χ0) is 12.7. The highest BCUT2D eigenvalue weighted by Crippen LogP contribution is 2.26. The molecule has 3 atom stereocenters. The van der Waals surface area contributed by atoms with Crippen LogP contribution >= 0.6 is 0 Å². The Balaban J connectivity index is 1.66. The van der Waals surface area contributed by atoms with Crippen molar-refractivity contribution in [2.75, 3.05) is 19.6 Å². The Morgan fingerprint density at radius 3 is 2.89 bits per heavy atom. The van der Waals surface area contributed by atoms with E-state index in [1.807, 2.05) is 13.0 Å². The number of hydrogen-bond donors (Lipinski definition) is 1. The molecule has 3 heterocycles. The van der Waals surface area contributed by atoms with Crippen molar-refractivity contribution in [2.24, 2.45) is 0 Å². The monoisotopic (exact) mass is 250 g/mol. The molecule has 0 saturated carbocycles. The van der Waals surface area contributed by atoms with E-state index in [0.717, 1.165) is 44.1 Å². The van der Waals surface area contributed by atoms with Crippen molar-refractivity contribution in [2.45, 2.75) is 45.0 Å². The minimum Gasteiger partial charge on any atom is -0.465 e. The summed E-state index contributed by atoms with van der Waals surface area (Å²) < 4.78 is 5.66. The molecule has 2 aliphatic rings. The fraction of sp³-hybridized carbons (Fsp3) is 0.714. The van der Waals surface area contributed by atoms with Crippen LogP contribution < -0.4 is 0 Å². The van der Waals surface area contributed by atoms with Crippen LogP contribution in [-0.4, -0.2) is 52.7 Å². The first kappa shape index (κ1) is 12.2. The van der Waals surface area contributed by atoms with Gasteiger partial charge in [-0.2, -0.15) is 0 Å². The standard InChI is InChI=1S/C14H22N2O2/c1-10-6-16-8-13(17)5-12(16)7-15(10)9-14-4-3-11(2)18-14/h3-4,10,12-13,17H,5-9H2,1-2H3/t10-,12+,13-/m1/s1. The zero-order valence-corrected chi connectivity index (χ0v) is 11.2. The molecule has 1 N–H and O–H groups in total. The van der Waals surface area contributed by atoms with E-state index in [2.05, 4.69) is 22.8 Å². The molecule has 0 aromatic carbocycles. The second-order valence-electron chi connectivity index (χ2n) is 5.79. The first-order chi connectivity index (χ1) is 8.61. The van der Waals surface area contributed by atoms with Gasteiger partial charge in [0.2, 0.25) is 0 Å². The number of rotatable bonds is 2. The van der Waals surface area contributed by atoms with Crippen molar-refractivity contribution in [3.05, 3.63) is 23.7 Å². The van der Waals surface area contributed by atoms with Gasteiger partial charge < -0.3 is 9.52 Å². The van der Waals surface area contributed by atoms with Gasteiger partial charge in [-0.1, -0.05) is 0 Å². The van der Waals surface area contributed by atoms with Gasteiger partial charge in [-0.15, -0.1) is 0 Å². The largest absolute Gasteiger partial charge is 0.465 e. The third-order valence-corrected chi connectivity index (χ3v) is 4.23. The zero-order valence-electron chi connectivity index (χ0n) is 11.2. The number of furan rings is 1. The molecule has 2 aliphatic heterocycles. The predicted molar refractivity (Wildman–Crippen MR) is 69.3 cm³/mol. The first-order valence-electron chi connectivity index (χ1n) is 6.83. The fourth-order valence-electron chi connectivity index (χ4n) is 3.27. The van der Waals surface area contributed by atoms with E-state index in [4.69, 9.17) is 4.42 Å². The molecule has 4 nitrogen and oxygen atoms in total. The van der Waals surface area contributed by atoms with Crippen LogP contribution in [0.4, 0.5) is 0 Å². The molecule has 100 valence electrons. The van der Waals surface area contributed by atoms with Gasteiger partial charge in [-0.3, -0.25) is 9.80 Å². The summed E-state index contributed by atoms with van der Waals surface area (Å²) >= 11 is 0. The Bertz CT molecular complexity index is 418. The summed E-state index contributed by atoms with van der Waals surface area (Å²) in [5.74, 6) is 2.03. The number of aliphatic hydroxyl groups excluding tert-OH is 1. The van der Waals surface area contributed by atoms with Crippen molar-refractivity contribution in [3.8, 4) is 0 Å². The molecule has 18 heavy (non-hydrogen) atoms. The minimum atomic E-state index is -0.131. The third-order valence-electron chi connectivity index (χ3n) is 4.23. The van der Waals surface area contributed by atoms with E-state index in [0.29, 0.717) is 12.1 Å². The summed E-state index contributed by atoms with van der Waals surface area (Å²) in [7, 11) is 0. The molecular weight excluding hydrogens is 228 g/mol. The van der Waals surface area contributed by atoms with Crippen molar-refractivity contribution in [1.29, 1.82) is 0 Å². The molecule has 0 spiro atoms. The Labute approximate surface area is 108 Å². The van der Waals surface area contributed by atoms with Crippen LogP contribution in [0.15, 0.2) is 16.5 Å². The van der Waals surface area contributed by atoms with E-state index in [9.17, 15) is 5.11 Å². The fourth-order valence-corrected chi connectivity index (χ4v) is 3.27. The molecule has 0 unspecified atom stereocenters. The molecule has 0 bridgehead atoms. The summed E-state index contributed by atoms with van der Waals surface area (Å²) in [5, 5.41) is 9.75. The molecular formula is C14H22N2O2. The van der Waals surface area contributed by atoms with Gasteiger partial charge in [0.25, 0.3) is 0 Å². The molecule has 0 amide bonds. The van der Waals surface area contributed by atoms with Gasteiger partial charge in [-0.05, 0) is 32.4 Å². The molecule has 2 fully saturated rings. The Morgan fingerprint density at radius 2 is 2.17 bits per heavy atom. The lowest BCUT2D eigenvalue weighted by molar-refractivity contribution is 0.0482. The second kappa shape index (κ2) is 4.68. The van der Waals surface area contributed by atoms with E-state index in [1.54, 1.807) is 0 Å². The minimum absolute atomic E-state index is 0.131. The number of hydrogen-bond acceptors (Lipinski definition) is 4. The Hall–Kier alpha value is -0.840. The lowest BCUT2D eigenvalue weighted by Gasteiger charge is -2.41. The number of aryl methyl sites for hydroxylation is 1. The molecule has 2 saturated heterocycles. The molecule has 1 aromatic rings. The van der Waals surface area contributed by atoms with Gasteiger partial charge in [0.1, 0.15) is 11.5 Å². The van der Waals surface area contributed by atoms with Crippen LogP contribution in [0.1, 0.15) is 24.9 Å². The SMILES string of the molecule is Cc1ccc(CN2C[C@@H]3C[C@@H](O)CN3C[C@H]2C)o1. The number of aliphatic hydroxyl groups is 1. The normalized spacial score (nSPS) is 33.8. The third kappa shape index (κ3) is 2.32. The molecule has 0 aliphatic carbocycles. The molecule has 1 aromatic heterocycles. The number of fused-ring (bicyclic) bond motifs is 1. The molecule has 4 heteroatoms. The summed E-state index contributed by atoms with van der Waals surface area (Å²) in [6.07, 6.45) is 0.786. The van der Waals surface area contributed by atoms with Gasteiger partial charge >= 0.3 is 0 Å². The van der Waals surface area contributed by atoms with Gasteiger partial charge in [0.05, 0.1) is 12.6 Å². The smallest absolute Gasteiger partial charge is 0.118 e. The van der Waals surface area contributed by atoms with Gasteiger partial charge in [0.15, 0.2) is 0 Å². The van der Waals surface area contributed by atoms with Crippen LogP contribution in [0, 0.1) is 6.92 Å². The van der Waals surface area contributed by atoms with Crippen LogP contribution in [0.25, 0.3) is 0 Å². The molecule has 3 rings (SSSR count). The van der Waals surface area contributed by atoms with Crippen molar-refractivity contribution in [1.82, 2.24) is 9.80 Å². The average Bonchev–Trinajstić information content (AvgIpc) is 2.85. The lowest BCUT2D eigenvalue weighted by atomic mass is 10.1. The Kier molecular flexibility index (Phi) is 3.18. The van der Waals surface area contributed by atoms with E-state index in [1.165, 1.54) is 0 Å². The highest BCUT2D eigenvalue weighted by molar-refractivity contribution is 5.06. The van der Waals surface area contributed by atoms with Crippen molar-refractivity contribution >= 4 is 0 Å². The van der Waals surface area contributed by atoms with Crippen molar-refractivity contribution < 1.29 is 9.52 Å². The van der Waals surface area contributed by atoms with E-state index >= 15 is 0 Å². The maximum Gasteiger partial charge on any atom is 0.118 e. The average molecular weight is 250 g/mol. The van der Waals surface area contributed by atoms with Crippen LogP contribution in [-0.2, 0) is 6.54 Å². The highest BCUT2D eigenvalue weighted by atomic mass is 16.3. The summed E-state index contributed by atoms with van der Waals surface area (Å²) in [6.45, 7) is 8.08. The van der Waals surface area contributed by atoms with Gasteiger partial charge in [-0.25, -0.2) is 0 Å². The van der Waals surface area contributed by atoms with Gasteiger partial charge in [0, 0.05) is 31.7 Å². The lowest BCUT2D eigenvalue weighted by Crippen LogP contribution is -2.54. The highest BCUT2D eigenvalue weighted by Gasteiger charge is 2.38. The van der Waals surface area contributed by atoms with Crippen molar-refractivity contribution in [3.63, 3.8) is 0 Å². The summed E-state index contributed by atoms with van der Waals surface area (Å²) in [4.78, 5) is 4.90. The second-order valence-corrected chi connectivity index (χ2v) is 5.79. The predicted octanol–water partition coefficient (Wildman–Crippen LogP) is 1.23. The van der Waals surface area contributed by atoms with Crippen LogP contribution in [0.2, 0.25) is 0 Å². The van der Waals surface area contributed by atoms with E-state index < -0.39 is 0 Å². The van der Waals surface area contributed by atoms with Crippen LogP contribution in [0.5, 0.6) is 0 Å². The first-order valence-corrected chi connectivity index (χ1v) is 6.83. The topological polar surface area (TPSA) is 39.9 Å². The van der Waals surface area contributed by atoms with E-state index in [-0.39, 0.29) is 6.10 Å². The Morgan fingerprint density at radius 1 is 1.33 bits per heavy atom. The maximum atomic E-state index is 9.75. The summed E-state index contributed by atoms with van der Waals surface area (Å²) in [6, 6.07) is 5.14. The maximum absolute atomic E-state index is 9.75. The number of piperazine rings is 1. The molecule has 0 radical (unpaired) electrons. The summed E-state index contributed by atoms with van der Waals surface area (Å²) in [5.41, 5.74) is 0. The number of nitrogens with zero attached hydrogens (tertiary/aromatic N) is 2. The van der Waals surface area contributed by atoms with Crippen LogP contribution in [0.3, 0.4) is 0 Å².